The second-order valence-corrected chi connectivity index (χ2v) is 9.14. The molecule has 0 radical (unpaired) electrons. The molecule has 2 rings (SSSR count). The maximum Gasteiger partial charge on any atom is 0.191 e. The average Bonchev–Trinajstić information content (AvgIpc) is 2.66. The Morgan fingerprint density at radius 1 is 1.32 bits per heavy atom. The lowest BCUT2D eigenvalue weighted by Gasteiger charge is -2.33. The zero-order valence-corrected chi connectivity index (χ0v) is 18.3. The minimum Gasteiger partial charge on any atom is -0.374 e. The van der Waals surface area contributed by atoms with Crippen molar-refractivity contribution in [1.82, 2.24) is 15.5 Å². The molecule has 0 aromatic heterocycles. The van der Waals surface area contributed by atoms with Crippen LogP contribution in [0.4, 0.5) is 0 Å². The summed E-state index contributed by atoms with van der Waals surface area (Å²) in [6.45, 7) is 12.4. The van der Waals surface area contributed by atoms with Crippen LogP contribution in [0.1, 0.15) is 26.3 Å². The van der Waals surface area contributed by atoms with Crippen LogP contribution in [0, 0.1) is 5.92 Å². The van der Waals surface area contributed by atoms with Gasteiger partial charge in [-0.3, -0.25) is 14.1 Å². The Morgan fingerprint density at radius 2 is 2.11 bits per heavy atom. The number of nitrogens with one attached hydrogen (secondary N) is 2. The van der Waals surface area contributed by atoms with Gasteiger partial charge in [0.05, 0.1) is 19.3 Å². The summed E-state index contributed by atoms with van der Waals surface area (Å²) in [7, 11) is -0.887. The van der Waals surface area contributed by atoms with Crippen LogP contribution < -0.4 is 10.6 Å². The first-order chi connectivity index (χ1) is 13.6. The molecule has 2 atom stereocenters. The van der Waals surface area contributed by atoms with Gasteiger partial charge in [-0.15, -0.1) is 0 Å². The van der Waals surface area contributed by atoms with Crippen LogP contribution in [0.25, 0.3) is 0 Å². The highest BCUT2D eigenvalue weighted by atomic mass is 32.2. The number of rotatable bonds is 10. The second kappa shape index (κ2) is 12.9. The molecule has 1 aliphatic rings. The Hall–Kier alpha value is -1.44. The van der Waals surface area contributed by atoms with Gasteiger partial charge in [0.2, 0.25) is 0 Å². The first-order valence-electron chi connectivity index (χ1n) is 10.3. The molecule has 1 aliphatic heterocycles. The monoisotopic (exact) mass is 408 g/mol. The van der Waals surface area contributed by atoms with Crippen molar-refractivity contribution < 1.29 is 8.95 Å². The Labute approximate surface area is 172 Å². The minimum absolute atomic E-state index is 0.134. The highest BCUT2D eigenvalue weighted by molar-refractivity contribution is 7.84. The van der Waals surface area contributed by atoms with Crippen LogP contribution in [0.3, 0.4) is 0 Å². The predicted octanol–water partition coefficient (Wildman–Crippen LogP) is 1.85. The first-order valence-corrected chi connectivity index (χ1v) is 11.8. The Kier molecular flexibility index (Phi) is 10.5. The molecule has 2 unspecified atom stereocenters. The summed E-state index contributed by atoms with van der Waals surface area (Å²) < 4.78 is 18.1. The van der Waals surface area contributed by atoms with E-state index in [2.05, 4.69) is 34.4 Å². The van der Waals surface area contributed by atoms with Crippen molar-refractivity contribution in [2.45, 2.75) is 32.6 Å². The zero-order valence-electron chi connectivity index (χ0n) is 17.5. The summed E-state index contributed by atoms with van der Waals surface area (Å²) in [5.41, 5.74) is 1.11. The Bertz CT molecular complexity index is 610. The van der Waals surface area contributed by atoms with Gasteiger partial charge >= 0.3 is 0 Å². The lowest BCUT2D eigenvalue weighted by atomic mass is 10.2. The van der Waals surface area contributed by atoms with Gasteiger partial charge < -0.3 is 15.4 Å². The number of morpholine rings is 1. The summed E-state index contributed by atoms with van der Waals surface area (Å²) in [4.78, 5) is 7.14. The summed E-state index contributed by atoms with van der Waals surface area (Å²) in [6.07, 6.45) is 0.134. The molecule has 0 bridgehead atoms. The molecule has 1 aromatic rings. The van der Waals surface area contributed by atoms with E-state index >= 15 is 0 Å². The van der Waals surface area contributed by atoms with E-state index in [0.717, 1.165) is 44.3 Å². The smallest absolute Gasteiger partial charge is 0.191 e. The molecule has 0 spiro atoms. The lowest BCUT2D eigenvalue weighted by Crippen LogP contribution is -2.46. The fourth-order valence-corrected chi connectivity index (χ4v) is 4.26. The van der Waals surface area contributed by atoms with Gasteiger partial charge in [-0.2, -0.15) is 0 Å². The van der Waals surface area contributed by atoms with E-state index in [-0.39, 0.29) is 6.10 Å². The lowest BCUT2D eigenvalue weighted by molar-refractivity contribution is -0.0261. The van der Waals surface area contributed by atoms with Gasteiger partial charge in [-0.1, -0.05) is 44.2 Å². The third-order valence-electron chi connectivity index (χ3n) is 4.44. The van der Waals surface area contributed by atoms with Crippen molar-refractivity contribution in [2.24, 2.45) is 10.9 Å². The second-order valence-electron chi connectivity index (χ2n) is 7.57. The highest BCUT2D eigenvalue weighted by Crippen LogP contribution is 2.08. The van der Waals surface area contributed by atoms with Gasteiger partial charge in [-0.05, 0) is 18.4 Å². The standard InChI is InChI=1S/C21H36N4O2S/c1-4-22-21(23-10-13-28(26)17-19-8-6-5-7-9-19)24-14-20-16-25(11-12-27-20)15-18(2)3/h5-9,18,20H,4,10-17H2,1-3H3,(H2,22,23,24). The van der Waals surface area contributed by atoms with Crippen LogP contribution in [0.5, 0.6) is 0 Å². The maximum atomic E-state index is 12.3. The molecular weight excluding hydrogens is 372 g/mol. The average molecular weight is 409 g/mol. The van der Waals surface area contributed by atoms with Crippen LogP contribution in [0.2, 0.25) is 0 Å². The third-order valence-corrected chi connectivity index (χ3v) is 5.75. The topological polar surface area (TPSA) is 66.0 Å². The Morgan fingerprint density at radius 3 is 2.82 bits per heavy atom. The van der Waals surface area contributed by atoms with Gasteiger partial charge in [0, 0.05) is 55.0 Å². The van der Waals surface area contributed by atoms with E-state index in [0.29, 0.717) is 30.5 Å². The fourth-order valence-electron chi connectivity index (χ4n) is 3.22. The van der Waals surface area contributed by atoms with E-state index in [1.54, 1.807) is 0 Å². The molecule has 1 saturated heterocycles. The molecule has 1 aromatic carbocycles. The maximum absolute atomic E-state index is 12.3. The molecule has 0 aliphatic carbocycles. The van der Waals surface area contributed by atoms with Crippen LogP contribution >= 0.6 is 0 Å². The van der Waals surface area contributed by atoms with E-state index in [1.807, 2.05) is 37.3 Å². The molecular formula is C21H36N4O2S. The van der Waals surface area contributed by atoms with Crippen LogP contribution in [-0.4, -0.2) is 72.8 Å². The summed E-state index contributed by atoms with van der Waals surface area (Å²) in [6, 6.07) is 9.98. The first kappa shape index (κ1) is 22.8. The van der Waals surface area contributed by atoms with E-state index in [4.69, 9.17) is 4.74 Å². The van der Waals surface area contributed by atoms with Crippen molar-refractivity contribution >= 4 is 16.8 Å². The SMILES string of the molecule is CCNC(=NCC1CN(CC(C)C)CCO1)NCCS(=O)Cc1ccccc1. The summed E-state index contributed by atoms with van der Waals surface area (Å²) in [5, 5.41) is 6.56. The van der Waals surface area contributed by atoms with Gasteiger partial charge in [0.15, 0.2) is 5.96 Å². The molecule has 1 fully saturated rings. The molecule has 7 heteroatoms. The summed E-state index contributed by atoms with van der Waals surface area (Å²) in [5.74, 6) is 2.63. The highest BCUT2D eigenvalue weighted by Gasteiger charge is 2.20. The largest absolute Gasteiger partial charge is 0.374 e. The van der Waals surface area contributed by atoms with Crippen molar-refractivity contribution in [1.29, 1.82) is 0 Å². The number of guanidine groups is 1. The molecule has 0 saturated carbocycles. The van der Waals surface area contributed by atoms with E-state index in [9.17, 15) is 4.21 Å². The Balaban J connectivity index is 1.74. The molecule has 1 heterocycles. The van der Waals surface area contributed by atoms with Gasteiger partial charge in [-0.25, -0.2) is 0 Å². The van der Waals surface area contributed by atoms with Gasteiger partial charge in [0.1, 0.15) is 0 Å². The predicted molar refractivity (Wildman–Crippen MR) is 118 cm³/mol. The minimum atomic E-state index is -0.887. The van der Waals surface area contributed by atoms with Crippen molar-refractivity contribution in [3.8, 4) is 0 Å². The van der Waals surface area contributed by atoms with Crippen LogP contribution in [-0.2, 0) is 21.3 Å². The summed E-state index contributed by atoms with van der Waals surface area (Å²) >= 11 is 0. The van der Waals surface area contributed by atoms with Crippen LogP contribution in [0.15, 0.2) is 35.3 Å². The number of hydrogen-bond donors (Lipinski definition) is 2. The van der Waals surface area contributed by atoms with Gasteiger partial charge in [0.25, 0.3) is 0 Å². The van der Waals surface area contributed by atoms with Crippen molar-refractivity contribution in [3.63, 3.8) is 0 Å². The molecule has 6 nitrogen and oxygen atoms in total. The van der Waals surface area contributed by atoms with Crippen molar-refractivity contribution in [3.05, 3.63) is 35.9 Å². The molecule has 0 amide bonds. The number of nitrogens with zero attached hydrogens (tertiary/aromatic N) is 2. The number of benzene rings is 1. The van der Waals surface area contributed by atoms with E-state index < -0.39 is 10.8 Å². The number of hydrogen-bond acceptors (Lipinski definition) is 4. The fraction of sp³-hybridized carbons (Fsp3) is 0.667. The van der Waals surface area contributed by atoms with E-state index in [1.165, 1.54) is 0 Å². The third kappa shape index (κ3) is 9.17. The molecule has 158 valence electrons. The molecule has 28 heavy (non-hydrogen) atoms. The number of ether oxygens (including phenoxy) is 1. The quantitative estimate of drug-likeness (QED) is 0.457. The molecule has 2 N–H and O–H groups in total. The zero-order chi connectivity index (χ0) is 20.2. The van der Waals surface area contributed by atoms with Crippen molar-refractivity contribution in [2.75, 3.05) is 51.6 Å². The number of aliphatic imine (C=N–C) groups is 1. The normalized spacial score (nSPS) is 19.6.